The third kappa shape index (κ3) is 3.48. The summed E-state index contributed by atoms with van der Waals surface area (Å²) in [6.07, 6.45) is 3.40. The molecule has 2 aliphatic carbocycles. The Hall–Kier alpha value is -3.15. The van der Waals surface area contributed by atoms with Gasteiger partial charge in [-0.1, -0.05) is 61.0 Å². The lowest BCUT2D eigenvalue weighted by Crippen LogP contribution is -2.44. The quantitative estimate of drug-likeness (QED) is 0.741. The zero-order chi connectivity index (χ0) is 22.3. The number of carbonyl (C=O) groups is 3. The molecule has 32 heavy (non-hydrogen) atoms. The molecule has 0 bridgehead atoms. The van der Waals surface area contributed by atoms with E-state index < -0.39 is 17.6 Å². The van der Waals surface area contributed by atoms with Crippen LogP contribution in [0.15, 0.2) is 54.6 Å². The Balaban J connectivity index is 1.40. The van der Waals surface area contributed by atoms with Crippen LogP contribution in [-0.2, 0) is 26.5 Å². The number of nitrogens with one attached hydrogen (secondary N) is 1. The fraction of sp³-hybridized carbons (Fsp3) is 0.423. The van der Waals surface area contributed by atoms with Gasteiger partial charge in [0.05, 0.1) is 0 Å². The van der Waals surface area contributed by atoms with Crippen LogP contribution in [0.25, 0.3) is 0 Å². The minimum Gasteiger partial charge on any atom is -0.427 e. The molecule has 1 saturated carbocycles. The van der Waals surface area contributed by atoms with Crippen LogP contribution in [0.2, 0.25) is 0 Å². The van der Waals surface area contributed by atoms with Gasteiger partial charge >= 0.3 is 6.09 Å². The van der Waals surface area contributed by atoms with Gasteiger partial charge < -0.3 is 9.64 Å². The topological polar surface area (TPSA) is 75.7 Å². The van der Waals surface area contributed by atoms with Crippen molar-refractivity contribution >= 4 is 17.9 Å². The number of hydrogen-bond acceptors (Lipinski definition) is 4. The van der Waals surface area contributed by atoms with Crippen LogP contribution in [0.4, 0.5) is 4.79 Å². The summed E-state index contributed by atoms with van der Waals surface area (Å²) in [6, 6.07) is 17.8. The maximum absolute atomic E-state index is 13.7. The number of imide groups is 1. The summed E-state index contributed by atoms with van der Waals surface area (Å²) in [5.41, 5.74) is 1.41. The summed E-state index contributed by atoms with van der Waals surface area (Å²) < 4.78 is 5.50. The lowest BCUT2D eigenvalue weighted by Gasteiger charge is -2.40. The van der Waals surface area contributed by atoms with Crippen molar-refractivity contribution in [2.45, 2.75) is 63.1 Å². The number of amides is 3. The van der Waals surface area contributed by atoms with Gasteiger partial charge in [-0.2, -0.15) is 0 Å². The maximum Gasteiger partial charge on any atom is 0.415 e. The van der Waals surface area contributed by atoms with Crippen molar-refractivity contribution in [1.82, 2.24) is 10.2 Å². The van der Waals surface area contributed by atoms with Gasteiger partial charge in [0.15, 0.2) is 0 Å². The predicted molar refractivity (Wildman–Crippen MR) is 119 cm³/mol. The molecule has 1 heterocycles. The van der Waals surface area contributed by atoms with Crippen molar-refractivity contribution in [2.75, 3.05) is 0 Å². The molecule has 0 radical (unpaired) electrons. The van der Waals surface area contributed by atoms with Gasteiger partial charge in [0.25, 0.3) is 5.91 Å². The highest BCUT2D eigenvalue weighted by molar-refractivity contribution is 6.04. The van der Waals surface area contributed by atoms with E-state index in [-0.39, 0.29) is 24.3 Å². The van der Waals surface area contributed by atoms with Gasteiger partial charge in [-0.15, -0.1) is 0 Å². The molecule has 3 unspecified atom stereocenters. The Morgan fingerprint density at radius 3 is 2.50 bits per heavy atom. The van der Waals surface area contributed by atoms with Gasteiger partial charge in [-0.05, 0) is 42.7 Å². The molecular formula is C26H28N2O4. The van der Waals surface area contributed by atoms with E-state index in [2.05, 4.69) is 24.4 Å². The molecule has 2 aromatic rings. The van der Waals surface area contributed by atoms with Crippen molar-refractivity contribution in [1.29, 1.82) is 0 Å². The number of nitrogens with zero attached hydrogens (tertiary/aromatic N) is 1. The Bertz CT molecular complexity index is 1050. The molecule has 0 aromatic heterocycles. The number of ether oxygens (including phenoxy) is 1. The third-order valence-corrected chi connectivity index (χ3v) is 7.48. The van der Waals surface area contributed by atoms with Crippen molar-refractivity contribution in [3.05, 3.63) is 71.3 Å². The smallest absolute Gasteiger partial charge is 0.415 e. The van der Waals surface area contributed by atoms with Gasteiger partial charge in [0.1, 0.15) is 0 Å². The molecule has 6 heteroatoms. The van der Waals surface area contributed by atoms with Gasteiger partial charge in [-0.3, -0.25) is 14.9 Å². The monoisotopic (exact) mass is 432 g/mol. The van der Waals surface area contributed by atoms with Crippen LogP contribution in [0, 0.1) is 5.92 Å². The highest BCUT2D eigenvalue weighted by Crippen LogP contribution is 2.50. The Morgan fingerprint density at radius 1 is 1.12 bits per heavy atom. The van der Waals surface area contributed by atoms with E-state index in [1.807, 2.05) is 47.4 Å². The zero-order valence-corrected chi connectivity index (χ0v) is 18.3. The molecule has 1 aliphatic heterocycles. The summed E-state index contributed by atoms with van der Waals surface area (Å²) in [5, 5.41) is 2.27. The van der Waals surface area contributed by atoms with E-state index in [9.17, 15) is 14.4 Å². The van der Waals surface area contributed by atoms with E-state index in [1.54, 1.807) is 0 Å². The number of hydrogen-bond donors (Lipinski definition) is 1. The minimum absolute atomic E-state index is 0.0786. The normalized spacial score (nSPS) is 25.1. The predicted octanol–water partition coefficient (Wildman–Crippen LogP) is 4.24. The Morgan fingerprint density at radius 2 is 1.84 bits per heavy atom. The van der Waals surface area contributed by atoms with Crippen molar-refractivity contribution in [3.8, 4) is 0 Å². The molecule has 5 rings (SSSR count). The molecule has 6 nitrogen and oxygen atoms in total. The summed E-state index contributed by atoms with van der Waals surface area (Å²) in [7, 11) is 0. The first-order valence-corrected chi connectivity index (χ1v) is 11.4. The molecule has 1 saturated heterocycles. The van der Waals surface area contributed by atoms with E-state index in [4.69, 9.17) is 4.74 Å². The van der Waals surface area contributed by atoms with Crippen LogP contribution < -0.4 is 5.32 Å². The summed E-state index contributed by atoms with van der Waals surface area (Å²) in [5.74, 6) is -0.00244. The molecule has 3 amide bonds. The molecule has 1 N–H and O–H groups in total. The fourth-order valence-corrected chi connectivity index (χ4v) is 5.45. The zero-order valence-electron chi connectivity index (χ0n) is 18.3. The number of rotatable bonds is 6. The van der Waals surface area contributed by atoms with Gasteiger partial charge in [0.2, 0.25) is 11.5 Å². The van der Waals surface area contributed by atoms with Gasteiger partial charge in [0, 0.05) is 31.0 Å². The fourth-order valence-electron chi connectivity index (χ4n) is 5.45. The van der Waals surface area contributed by atoms with E-state index in [0.717, 1.165) is 24.0 Å². The SMILES string of the molecule is CC(C1CCC1)N(Cc1ccccc1)C(=O)CC1CC2(OC(=O)NC2=O)c2ccccc21. The molecule has 2 fully saturated rings. The first kappa shape index (κ1) is 20.7. The summed E-state index contributed by atoms with van der Waals surface area (Å²) in [4.78, 5) is 40.2. The number of carbonyl (C=O) groups excluding carboxylic acids is 3. The molecule has 2 aromatic carbocycles. The summed E-state index contributed by atoms with van der Waals surface area (Å²) >= 11 is 0. The minimum atomic E-state index is -1.32. The highest BCUT2D eigenvalue weighted by atomic mass is 16.6. The first-order chi connectivity index (χ1) is 15.5. The van der Waals surface area contributed by atoms with E-state index >= 15 is 0 Å². The maximum atomic E-state index is 13.7. The first-order valence-electron chi connectivity index (χ1n) is 11.4. The highest BCUT2D eigenvalue weighted by Gasteiger charge is 2.57. The van der Waals surface area contributed by atoms with Crippen LogP contribution in [0.3, 0.4) is 0 Å². The molecule has 1 spiro atoms. The average Bonchev–Trinajstić information content (AvgIpc) is 3.21. The molecule has 166 valence electrons. The number of fused-ring (bicyclic) bond motifs is 2. The number of alkyl carbamates (subject to hydrolysis) is 1. The lowest BCUT2D eigenvalue weighted by atomic mass is 9.79. The van der Waals surface area contributed by atoms with Crippen molar-refractivity contribution in [3.63, 3.8) is 0 Å². The second-order valence-corrected chi connectivity index (χ2v) is 9.30. The molecule has 3 aliphatic rings. The Labute approximate surface area is 187 Å². The van der Waals surface area contributed by atoms with E-state index in [1.165, 1.54) is 6.42 Å². The Kier molecular flexibility index (Phi) is 5.24. The standard InChI is InChI=1S/C26H28N2O4/c1-17(19-10-7-11-19)28(16-18-8-3-2-4-9-18)23(29)14-20-15-26(24(30)27-25(31)32-26)22-13-6-5-12-21(20)22/h2-6,8-9,12-13,17,19-20H,7,10-11,14-16H2,1H3,(H,27,30,31). The lowest BCUT2D eigenvalue weighted by molar-refractivity contribution is -0.137. The number of benzene rings is 2. The second-order valence-electron chi connectivity index (χ2n) is 9.30. The van der Waals surface area contributed by atoms with Crippen LogP contribution in [0.1, 0.15) is 61.6 Å². The van der Waals surface area contributed by atoms with Crippen molar-refractivity contribution < 1.29 is 19.1 Å². The molecular weight excluding hydrogens is 404 g/mol. The van der Waals surface area contributed by atoms with Crippen LogP contribution in [0.5, 0.6) is 0 Å². The van der Waals surface area contributed by atoms with E-state index in [0.29, 0.717) is 24.4 Å². The third-order valence-electron chi connectivity index (χ3n) is 7.48. The van der Waals surface area contributed by atoms with Crippen LogP contribution in [-0.4, -0.2) is 28.8 Å². The largest absolute Gasteiger partial charge is 0.427 e. The average molecular weight is 433 g/mol. The van der Waals surface area contributed by atoms with Gasteiger partial charge in [-0.25, -0.2) is 4.79 Å². The second kappa shape index (κ2) is 8.08. The van der Waals surface area contributed by atoms with Crippen LogP contribution >= 0.6 is 0 Å². The molecule has 3 atom stereocenters. The van der Waals surface area contributed by atoms with Crippen molar-refractivity contribution in [2.24, 2.45) is 5.92 Å². The summed E-state index contributed by atoms with van der Waals surface area (Å²) in [6.45, 7) is 2.73.